The van der Waals surface area contributed by atoms with Crippen LogP contribution in [0.15, 0.2) is 24.3 Å². The van der Waals surface area contributed by atoms with Gasteiger partial charge in [-0.25, -0.2) is 0 Å². The highest BCUT2D eigenvalue weighted by molar-refractivity contribution is 7.17. The molecular formula is C24H31N3O4S. The van der Waals surface area contributed by atoms with Gasteiger partial charge in [-0.3, -0.25) is 14.5 Å². The van der Waals surface area contributed by atoms with Crippen molar-refractivity contribution in [1.82, 2.24) is 4.90 Å². The van der Waals surface area contributed by atoms with Crippen molar-refractivity contribution in [3.05, 3.63) is 40.3 Å². The van der Waals surface area contributed by atoms with Gasteiger partial charge < -0.3 is 20.1 Å². The highest BCUT2D eigenvalue weighted by Crippen LogP contribution is 2.38. The molecule has 0 bridgehead atoms. The predicted molar refractivity (Wildman–Crippen MR) is 127 cm³/mol. The number of fused-ring (bicyclic) bond motifs is 1. The molecule has 8 heteroatoms. The lowest BCUT2D eigenvalue weighted by molar-refractivity contribution is -0.118. The van der Waals surface area contributed by atoms with Crippen molar-refractivity contribution in [2.75, 3.05) is 50.1 Å². The fraction of sp³-hybridized carbons (Fsp3) is 0.500. The summed E-state index contributed by atoms with van der Waals surface area (Å²) in [6.45, 7) is 5.64. The van der Waals surface area contributed by atoms with Crippen molar-refractivity contribution in [1.29, 1.82) is 0 Å². The quantitative estimate of drug-likeness (QED) is 0.616. The molecule has 2 amide bonds. The zero-order valence-corrected chi connectivity index (χ0v) is 19.4. The van der Waals surface area contributed by atoms with E-state index in [1.807, 2.05) is 31.2 Å². The monoisotopic (exact) mass is 457 g/mol. The van der Waals surface area contributed by atoms with Crippen molar-refractivity contribution >= 4 is 33.8 Å². The van der Waals surface area contributed by atoms with Gasteiger partial charge in [0.05, 0.1) is 31.9 Å². The Hall–Kier alpha value is -2.42. The maximum Gasteiger partial charge on any atom is 0.258 e. The molecule has 1 aromatic heterocycles. The first-order valence-corrected chi connectivity index (χ1v) is 12.2. The van der Waals surface area contributed by atoms with Crippen LogP contribution in [0.4, 0.5) is 10.7 Å². The smallest absolute Gasteiger partial charge is 0.258 e. The number of anilines is 2. The summed E-state index contributed by atoms with van der Waals surface area (Å²) in [5, 5.41) is 6.72. The van der Waals surface area contributed by atoms with Crippen molar-refractivity contribution in [3.63, 3.8) is 0 Å². The summed E-state index contributed by atoms with van der Waals surface area (Å²) in [6, 6.07) is 7.37. The average molecular weight is 458 g/mol. The lowest BCUT2D eigenvalue weighted by Gasteiger charge is -2.25. The molecule has 0 atom stereocenters. The van der Waals surface area contributed by atoms with Crippen LogP contribution in [0.5, 0.6) is 5.75 Å². The third-order valence-corrected chi connectivity index (χ3v) is 7.00. The molecule has 0 radical (unpaired) electrons. The minimum atomic E-state index is -0.171. The number of nitrogens with zero attached hydrogens (tertiary/aromatic N) is 1. The lowest BCUT2D eigenvalue weighted by Crippen LogP contribution is -2.41. The van der Waals surface area contributed by atoms with Crippen molar-refractivity contribution in [2.45, 2.75) is 39.0 Å². The average Bonchev–Trinajstić information content (AvgIpc) is 2.96. The van der Waals surface area contributed by atoms with Gasteiger partial charge in [0.15, 0.2) is 0 Å². The molecule has 1 fully saturated rings. The van der Waals surface area contributed by atoms with Crippen LogP contribution < -0.4 is 15.4 Å². The van der Waals surface area contributed by atoms with E-state index in [-0.39, 0.29) is 11.8 Å². The zero-order valence-electron chi connectivity index (χ0n) is 18.6. The van der Waals surface area contributed by atoms with Crippen molar-refractivity contribution in [3.8, 4) is 5.75 Å². The molecule has 0 spiro atoms. The molecule has 1 aliphatic carbocycles. The molecule has 0 saturated carbocycles. The topological polar surface area (TPSA) is 79.9 Å². The van der Waals surface area contributed by atoms with Crippen LogP contribution in [0.25, 0.3) is 0 Å². The summed E-state index contributed by atoms with van der Waals surface area (Å²) in [6.07, 6.45) is 5.18. The van der Waals surface area contributed by atoms with Gasteiger partial charge in [-0.2, -0.15) is 0 Å². The number of aryl methyl sites for hydroxylation is 1. The van der Waals surface area contributed by atoms with Gasteiger partial charge >= 0.3 is 0 Å². The van der Waals surface area contributed by atoms with Gasteiger partial charge in [0.2, 0.25) is 5.91 Å². The largest absolute Gasteiger partial charge is 0.494 e. The number of amides is 2. The first-order chi connectivity index (χ1) is 15.6. The van der Waals surface area contributed by atoms with Crippen LogP contribution in [0.2, 0.25) is 0 Å². The molecule has 4 rings (SSSR count). The number of rotatable bonds is 7. The Kier molecular flexibility index (Phi) is 7.78. The first kappa shape index (κ1) is 22.8. The summed E-state index contributed by atoms with van der Waals surface area (Å²) in [5.41, 5.74) is 2.42. The summed E-state index contributed by atoms with van der Waals surface area (Å²) in [4.78, 5) is 29.4. The molecule has 1 saturated heterocycles. The Morgan fingerprint density at radius 1 is 1.06 bits per heavy atom. The molecule has 2 aliphatic rings. The minimum Gasteiger partial charge on any atom is -0.494 e. The Morgan fingerprint density at radius 3 is 2.56 bits per heavy atom. The van der Waals surface area contributed by atoms with Crippen molar-refractivity contribution in [2.24, 2.45) is 0 Å². The summed E-state index contributed by atoms with van der Waals surface area (Å²) >= 11 is 1.56. The third kappa shape index (κ3) is 5.68. The molecule has 172 valence electrons. The molecule has 2 heterocycles. The highest BCUT2D eigenvalue weighted by atomic mass is 32.1. The van der Waals surface area contributed by atoms with E-state index in [0.29, 0.717) is 42.6 Å². The number of nitrogens with one attached hydrogen (secondary N) is 2. The third-order valence-electron chi connectivity index (χ3n) is 5.80. The molecule has 2 N–H and O–H groups in total. The number of hydrogen-bond donors (Lipinski definition) is 2. The second-order valence-corrected chi connectivity index (χ2v) is 9.22. The van der Waals surface area contributed by atoms with Gasteiger partial charge in [0, 0.05) is 23.7 Å². The molecule has 7 nitrogen and oxygen atoms in total. The number of thiophene rings is 1. The Balaban J connectivity index is 1.52. The number of morpholine rings is 1. The number of hydrogen-bond acceptors (Lipinski definition) is 6. The van der Waals surface area contributed by atoms with E-state index in [1.165, 1.54) is 11.3 Å². The van der Waals surface area contributed by atoms with E-state index in [0.717, 1.165) is 50.1 Å². The van der Waals surface area contributed by atoms with E-state index in [4.69, 9.17) is 9.47 Å². The predicted octanol–water partition coefficient (Wildman–Crippen LogP) is 3.94. The summed E-state index contributed by atoms with van der Waals surface area (Å²) in [7, 11) is 0. The Labute approximate surface area is 193 Å². The molecule has 0 unspecified atom stereocenters. The van der Waals surface area contributed by atoms with Crippen LogP contribution in [0.1, 0.15) is 47.0 Å². The number of carbonyl (C=O) groups is 2. The van der Waals surface area contributed by atoms with Gasteiger partial charge in [-0.15, -0.1) is 11.3 Å². The fourth-order valence-corrected chi connectivity index (χ4v) is 5.50. The maximum absolute atomic E-state index is 13.3. The van der Waals surface area contributed by atoms with Crippen LogP contribution >= 0.6 is 11.3 Å². The van der Waals surface area contributed by atoms with E-state index in [1.54, 1.807) is 11.3 Å². The first-order valence-electron chi connectivity index (χ1n) is 11.4. The molecular weight excluding hydrogens is 426 g/mol. The van der Waals surface area contributed by atoms with E-state index in [9.17, 15) is 9.59 Å². The summed E-state index contributed by atoms with van der Waals surface area (Å²) in [5.74, 6) is 0.514. The highest BCUT2D eigenvalue weighted by Gasteiger charge is 2.26. The SMILES string of the molecule is CCOc1ccc(NC(=O)c2c(NC(=O)CN3CCOCC3)sc3c2CCCCC3)cc1. The van der Waals surface area contributed by atoms with Crippen LogP contribution in [0.3, 0.4) is 0 Å². The van der Waals surface area contributed by atoms with Gasteiger partial charge in [-0.05, 0) is 62.4 Å². The summed E-state index contributed by atoms with van der Waals surface area (Å²) < 4.78 is 10.8. The number of carbonyl (C=O) groups excluding carboxylic acids is 2. The second kappa shape index (κ2) is 10.9. The molecule has 1 aliphatic heterocycles. The maximum atomic E-state index is 13.3. The van der Waals surface area contributed by atoms with Gasteiger partial charge in [0.25, 0.3) is 5.91 Å². The fourth-order valence-electron chi connectivity index (χ4n) is 4.19. The van der Waals surface area contributed by atoms with Gasteiger partial charge in [-0.1, -0.05) is 6.42 Å². The zero-order chi connectivity index (χ0) is 22.3. The van der Waals surface area contributed by atoms with Gasteiger partial charge in [0.1, 0.15) is 10.8 Å². The lowest BCUT2D eigenvalue weighted by atomic mass is 10.0. The Bertz CT molecular complexity index is 935. The van der Waals surface area contributed by atoms with Crippen LogP contribution in [-0.2, 0) is 22.4 Å². The van der Waals surface area contributed by atoms with Crippen LogP contribution in [0, 0.1) is 0 Å². The van der Waals surface area contributed by atoms with E-state index < -0.39 is 0 Å². The second-order valence-electron chi connectivity index (χ2n) is 8.12. The van der Waals surface area contributed by atoms with Crippen LogP contribution in [-0.4, -0.2) is 56.2 Å². The molecule has 32 heavy (non-hydrogen) atoms. The minimum absolute atomic E-state index is 0.0848. The number of benzene rings is 1. The molecule has 1 aromatic carbocycles. The van der Waals surface area contributed by atoms with E-state index >= 15 is 0 Å². The Morgan fingerprint density at radius 2 is 1.81 bits per heavy atom. The molecule has 2 aromatic rings. The van der Waals surface area contributed by atoms with Crippen molar-refractivity contribution < 1.29 is 19.1 Å². The number of ether oxygens (including phenoxy) is 2. The normalized spacial score (nSPS) is 16.7. The standard InChI is InChI=1S/C24H31N3O4S/c1-2-31-18-10-8-17(9-11-18)25-23(29)22-19-6-4-3-5-7-20(19)32-24(22)26-21(28)16-27-12-14-30-15-13-27/h8-11H,2-7,12-16H2,1H3,(H,25,29)(H,26,28). The van der Waals surface area contributed by atoms with E-state index in [2.05, 4.69) is 15.5 Å².